The van der Waals surface area contributed by atoms with E-state index in [-0.39, 0.29) is 11.8 Å². The molecule has 22 heavy (non-hydrogen) atoms. The third-order valence-corrected chi connectivity index (χ3v) is 3.02. The Kier molecular flexibility index (Phi) is 5.14. The maximum absolute atomic E-state index is 11.8. The third-order valence-electron chi connectivity index (χ3n) is 3.02. The number of amides is 2. The van der Waals surface area contributed by atoms with Crippen LogP contribution in [0.25, 0.3) is 6.08 Å². The molecule has 2 rings (SSSR count). The number of hydrogen-bond acceptors (Lipinski definition) is 3. The Hall–Kier alpha value is -2.82. The fourth-order valence-corrected chi connectivity index (χ4v) is 1.77. The lowest BCUT2D eigenvalue weighted by atomic mass is 10.1. The first-order valence-electron chi connectivity index (χ1n) is 6.86. The monoisotopic (exact) mass is 298 g/mol. The number of carbonyl (C=O) groups is 2. The molecule has 1 aromatic carbocycles. The van der Waals surface area contributed by atoms with E-state index in [0.29, 0.717) is 17.9 Å². The predicted octanol–water partition coefficient (Wildman–Crippen LogP) is 2.56. The maximum atomic E-state index is 11.8. The molecule has 1 aromatic heterocycles. The average Bonchev–Trinajstić information content (AvgIpc) is 3.00. The minimum Gasteiger partial charge on any atom is -0.465 e. The molecule has 0 saturated carbocycles. The molecule has 5 nitrogen and oxygen atoms in total. The van der Waals surface area contributed by atoms with Crippen molar-refractivity contribution >= 4 is 23.6 Å². The molecule has 0 spiro atoms. The highest BCUT2D eigenvalue weighted by molar-refractivity contribution is 6.01. The van der Waals surface area contributed by atoms with Gasteiger partial charge in [0.05, 0.1) is 12.7 Å². The van der Waals surface area contributed by atoms with Gasteiger partial charge in [-0.25, -0.2) is 0 Å². The molecule has 0 aliphatic carbocycles. The number of nitrogens with one attached hydrogen (secondary N) is 1. The SMILES string of the molecule is CN(C)C(=O)Cc1ccc(NC(=O)/C=C/c2ccco2)cc1. The van der Waals surface area contributed by atoms with Crippen LogP contribution in [0.4, 0.5) is 5.69 Å². The zero-order valence-corrected chi connectivity index (χ0v) is 12.6. The van der Waals surface area contributed by atoms with Crippen molar-refractivity contribution in [1.82, 2.24) is 4.90 Å². The van der Waals surface area contributed by atoms with Gasteiger partial charge in [-0.1, -0.05) is 12.1 Å². The van der Waals surface area contributed by atoms with Gasteiger partial charge in [0.1, 0.15) is 5.76 Å². The predicted molar refractivity (Wildman–Crippen MR) is 85.2 cm³/mol. The number of hydrogen-bond donors (Lipinski definition) is 1. The Bertz CT molecular complexity index is 656. The zero-order chi connectivity index (χ0) is 15.9. The van der Waals surface area contributed by atoms with E-state index in [9.17, 15) is 9.59 Å². The number of anilines is 1. The second-order valence-corrected chi connectivity index (χ2v) is 5.00. The van der Waals surface area contributed by atoms with Crippen LogP contribution >= 0.6 is 0 Å². The molecular formula is C17H18N2O3. The van der Waals surface area contributed by atoms with Crippen molar-refractivity contribution in [3.63, 3.8) is 0 Å². The first-order chi connectivity index (χ1) is 10.5. The van der Waals surface area contributed by atoms with E-state index in [1.807, 2.05) is 12.1 Å². The van der Waals surface area contributed by atoms with Gasteiger partial charge in [-0.2, -0.15) is 0 Å². The van der Waals surface area contributed by atoms with Crippen LogP contribution in [0, 0.1) is 0 Å². The van der Waals surface area contributed by atoms with Crippen molar-refractivity contribution < 1.29 is 14.0 Å². The Morgan fingerprint density at radius 2 is 1.91 bits per heavy atom. The van der Waals surface area contributed by atoms with Gasteiger partial charge in [0.25, 0.3) is 0 Å². The molecule has 2 amide bonds. The average molecular weight is 298 g/mol. The maximum Gasteiger partial charge on any atom is 0.248 e. The molecule has 0 radical (unpaired) electrons. The summed E-state index contributed by atoms with van der Waals surface area (Å²) in [5.41, 5.74) is 1.58. The van der Waals surface area contributed by atoms with E-state index in [1.54, 1.807) is 55.6 Å². The Morgan fingerprint density at radius 3 is 2.50 bits per heavy atom. The van der Waals surface area contributed by atoms with Crippen LogP contribution in [0.3, 0.4) is 0 Å². The Labute approximate surface area is 129 Å². The summed E-state index contributed by atoms with van der Waals surface area (Å²) >= 11 is 0. The second-order valence-electron chi connectivity index (χ2n) is 5.00. The van der Waals surface area contributed by atoms with E-state index in [2.05, 4.69) is 5.32 Å². The van der Waals surface area contributed by atoms with Crippen molar-refractivity contribution in [1.29, 1.82) is 0 Å². The number of furan rings is 1. The number of likely N-dealkylation sites (N-methyl/N-ethyl adjacent to an activating group) is 1. The quantitative estimate of drug-likeness (QED) is 0.863. The highest BCUT2D eigenvalue weighted by Gasteiger charge is 2.05. The van der Waals surface area contributed by atoms with Gasteiger partial charge in [0, 0.05) is 25.9 Å². The first-order valence-corrected chi connectivity index (χ1v) is 6.86. The highest BCUT2D eigenvalue weighted by atomic mass is 16.3. The summed E-state index contributed by atoms with van der Waals surface area (Å²) in [6, 6.07) is 10.7. The van der Waals surface area contributed by atoms with E-state index in [4.69, 9.17) is 4.42 Å². The number of nitrogens with zero attached hydrogens (tertiary/aromatic N) is 1. The smallest absolute Gasteiger partial charge is 0.248 e. The largest absolute Gasteiger partial charge is 0.465 e. The van der Waals surface area contributed by atoms with Crippen molar-refractivity contribution in [3.8, 4) is 0 Å². The third kappa shape index (κ3) is 4.63. The van der Waals surface area contributed by atoms with Crippen molar-refractivity contribution in [3.05, 3.63) is 60.1 Å². The molecule has 0 unspecified atom stereocenters. The van der Waals surface area contributed by atoms with Crippen LogP contribution < -0.4 is 5.32 Å². The fraction of sp³-hybridized carbons (Fsp3) is 0.176. The van der Waals surface area contributed by atoms with Crippen LogP contribution in [0.15, 0.2) is 53.2 Å². The zero-order valence-electron chi connectivity index (χ0n) is 12.6. The molecule has 2 aromatic rings. The van der Waals surface area contributed by atoms with Gasteiger partial charge in [0.2, 0.25) is 11.8 Å². The summed E-state index contributed by atoms with van der Waals surface area (Å²) in [4.78, 5) is 24.9. The van der Waals surface area contributed by atoms with Gasteiger partial charge in [0.15, 0.2) is 0 Å². The van der Waals surface area contributed by atoms with Crippen molar-refractivity contribution in [2.75, 3.05) is 19.4 Å². The minimum atomic E-state index is -0.242. The Morgan fingerprint density at radius 1 is 1.18 bits per heavy atom. The number of rotatable bonds is 5. The lowest BCUT2D eigenvalue weighted by molar-refractivity contribution is -0.128. The molecule has 5 heteroatoms. The molecule has 0 atom stereocenters. The standard InChI is InChI=1S/C17H18N2O3/c1-19(2)17(21)12-13-5-7-14(8-6-13)18-16(20)10-9-15-4-3-11-22-15/h3-11H,12H2,1-2H3,(H,18,20)/b10-9+. The van der Waals surface area contributed by atoms with Crippen LogP contribution in [0.2, 0.25) is 0 Å². The Balaban J connectivity index is 1.90. The summed E-state index contributed by atoms with van der Waals surface area (Å²) in [5, 5.41) is 2.74. The lowest BCUT2D eigenvalue weighted by Gasteiger charge is -2.10. The molecular weight excluding hydrogens is 280 g/mol. The molecule has 114 valence electrons. The minimum absolute atomic E-state index is 0.0400. The molecule has 0 fully saturated rings. The van der Waals surface area contributed by atoms with E-state index >= 15 is 0 Å². The summed E-state index contributed by atoms with van der Waals surface area (Å²) < 4.78 is 5.10. The first kappa shape index (κ1) is 15.6. The molecule has 0 aliphatic heterocycles. The van der Waals surface area contributed by atoms with Crippen LogP contribution in [0.1, 0.15) is 11.3 Å². The van der Waals surface area contributed by atoms with Crippen LogP contribution in [-0.2, 0) is 16.0 Å². The van der Waals surface area contributed by atoms with Gasteiger partial charge >= 0.3 is 0 Å². The number of benzene rings is 1. The van der Waals surface area contributed by atoms with E-state index in [1.165, 1.54) is 6.08 Å². The van der Waals surface area contributed by atoms with Crippen LogP contribution in [0.5, 0.6) is 0 Å². The van der Waals surface area contributed by atoms with E-state index in [0.717, 1.165) is 5.56 Å². The highest BCUT2D eigenvalue weighted by Crippen LogP contribution is 2.11. The van der Waals surface area contributed by atoms with E-state index < -0.39 is 0 Å². The molecule has 0 bridgehead atoms. The molecule has 1 N–H and O–H groups in total. The van der Waals surface area contributed by atoms with Gasteiger partial charge < -0.3 is 14.6 Å². The topological polar surface area (TPSA) is 62.6 Å². The summed E-state index contributed by atoms with van der Waals surface area (Å²) in [5.74, 6) is 0.416. The van der Waals surface area contributed by atoms with Gasteiger partial charge in [-0.15, -0.1) is 0 Å². The molecule has 0 aliphatic rings. The summed E-state index contributed by atoms with van der Waals surface area (Å²) in [6.45, 7) is 0. The molecule has 1 heterocycles. The number of carbonyl (C=O) groups excluding carboxylic acids is 2. The summed E-state index contributed by atoms with van der Waals surface area (Å²) in [6.07, 6.45) is 4.90. The lowest BCUT2D eigenvalue weighted by Crippen LogP contribution is -2.23. The summed E-state index contributed by atoms with van der Waals surface area (Å²) in [7, 11) is 3.45. The fourth-order valence-electron chi connectivity index (χ4n) is 1.77. The van der Waals surface area contributed by atoms with Crippen molar-refractivity contribution in [2.45, 2.75) is 6.42 Å². The molecule has 0 saturated heterocycles. The second kappa shape index (κ2) is 7.26. The van der Waals surface area contributed by atoms with Crippen molar-refractivity contribution in [2.24, 2.45) is 0 Å². The van der Waals surface area contributed by atoms with Gasteiger partial charge in [-0.3, -0.25) is 9.59 Å². The normalized spacial score (nSPS) is 10.6. The van der Waals surface area contributed by atoms with Crippen LogP contribution in [-0.4, -0.2) is 30.8 Å². The van der Waals surface area contributed by atoms with Gasteiger partial charge in [-0.05, 0) is 35.9 Å².